The lowest BCUT2D eigenvalue weighted by Gasteiger charge is -2.17. The second-order valence-electron chi connectivity index (χ2n) is 3.83. The average molecular weight is 210 g/mol. The predicted octanol–water partition coefficient (Wildman–Crippen LogP) is 0.353. The lowest BCUT2D eigenvalue weighted by Crippen LogP contribution is -2.29. The Morgan fingerprint density at radius 1 is 1.73 bits per heavy atom. The van der Waals surface area contributed by atoms with Gasteiger partial charge >= 0.3 is 0 Å². The third-order valence-electron chi connectivity index (χ3n) is 2.29. The number of aromatic amines is 1. The summed E-state index contributed by atoms with van der Waals surface area (Å²) < 4.78 is 0. The lowest BCUT2D eigenvalue weighted by molar-refractivity contribution is -0.131. The first kappa shape index (κ1) is 11.7. The molecule has 0 radical (unpaired) electrons. The van der Waals surface area contributed by atoms with Crippen LogP contribution in [0.5, 0.6) is 0 Å². The van der Waals surface area contributed by atoms with Crippen LogP contribution in [0.15, 0.2) is 12.4 Å². The third-order valence-corrected chi connectivity index (χ3v) is 2.29. The van der Waals surface area contributed by atoms with Crippen LogP contribution in [-0.2, 0) is 11.3 Å². The van der Waals surface area contributed by atoms with Crippen molar-refractivity contribution in [2.24, 2.45) is 11.7 Å². The smallest absolute Gasteiger partial charge is 0.223 e. The predicted molar refractivity (Wildman–Crippen MR) is 57.9 cm³/mol. The van der Waals surface area contributed by atoms with Gasteiger partial charge in [-0.25, -0.2) is 4.98 Å². The molecule has 0 saturated heterocycles. The van der Waals surface area contributed by atoms with Gasteiger partial charge in [-0.05, 0) is 12.5 Å². The molecule has 0 aliphatic carbocycles. The van der Waals surface area contributed by atoms with Crippen molar-refractivity contribution in [3.8, 4) is 0 Å². The van der Waals surface area contributed by atoms with Gasteiger partial charge in [0.25, 0.3) is 0 Å². The number of imidazole rings is 1. The number of rotatable bonds is 5. The molecule has 1 amide bonds. The number of aromatic nitrogens is 2. The number of hydrogen-bond donors (Lipinski definition) is 2. The fraction of sp³-hybridized carbons (Fsp3) is 0.600. The first-order chi connectivity index (χ1) is 7.13. The summed E-state index contributed by atoms with van der Waals surface area (Å²) in [6.07, 6.45) is 3.92. The molecular formula is C10H18N4O. The fourth-order valence-corrected chi connectivity index (χ4v) is 1.23. The molecule has 84 valence electrons. The zero-order valence-electron chi connectivity index (χ0n) is 9.23. The maximum atomic E-state index is 11.7. The molecule has 0 fully saturated rings. The van der Waals surface area contributed by atoms with Crippen LogP contribution in [0.2, 0.25) is 0 Å². The highest BCUT2D eigenvalue weighted by atomic mass is 16.2. The minimum Gasteiger partial charge on any atom is -0.347 e. The van der Waals surface area contributed by atoms with Crippen LogP contribution in [0, 0.1) is 5.92 Å². The summed E-state index contributed by atoms with van der Waals surface area (Å²) in [5.74, 6) is 1.13. The molecule has 0 aliphatic heterocycles. The van der Waals surface area contributed by atoms with E-state index in [1.807, 2.05) is 6.92 Å². The number of nitrogens with one attached hydrogen (secondary N) is 1. The molecular weight excluding hydrogens is 192 g/mol. The number of hydrogen-bond acceptors (Lipinski definition) is 3. The van der Waals surface area contributed by atoms with E-state index in [0.717, 1.165) is 5.82 Å². The maximum Gasteiger partial charge on any atom is 0.223 e. The van der Waals surface area contributed by atoms with Gasteiger partial charge < -0.3 is 15.6 Å². The third kappa shape index (κ3) is 3.71. The van der Waals surface area contributed by atoms with Crippen LogP contribution >= 0.6 is 0 Å². The standard InChI is InChI=1S/C10H18N4O/c1-8(6-11)5-10(15)14(2)7-9-12-3-4-13-9/h3-4,8H,5-7,11H2,1-2H3,(H,12,13). The normalized spacial score (nSPS) is 12.5. The van der Waals surface area contributed by atoms with E-state index in [9.17, 15) is 4.79 Å². The molecule has 0 saturated carbocycles. The summed E-state index contributed by atoms with van der Waals surface area (Å²) in [7, 11) is 1.77. The molecule has 0 aliphatic rings. The van der Waals surface area contributed by atoms with Gasteiger partial charge in [-0.3, -0.25) is 4.79 Å². The zero-order valence-corrected chi connectivity index (χ0v) is 9.23. The van der Waals surface area contributed by atoms with E-state index in [1.54, 1.807) is 24.3 Å². The minimum absolute atomic E-state index is 0.101. The molecule has 1 unspecified atom stereocenters. The summed E-state index contributed by atoms with van der Waals surface area (Å²) in [4.78, 5) is 20.3. The highest BCUT2D eigenvalue weighted by molar-refractivity contribution is 5.76. The first-order valence-corrected chi connectivity index (χ1v) is 5.05. The van der Waals surface area contributed by atoms with Crippen LogP contribution in [0.1, 0.15) is 19.2 Å². The Hall–Kier alpha value is -1.36. The van der Waals surface area contributed by atoms with E-state index in [2.05, 4.69) is 9.97 Å². The summed E-state index contributed by atoms with van der Waals surface area (Å²) in [6, 6.07) is 0. The van der Waals surface area contributed by atoms with Gasteiger partial charge in [-0.2, -0.15) is 0 Å². The van der Waals surface area contributed by atoms with Gasteiger partial charge in [-0.1, -0.05) is 6.92 Å². The van der Waals surface area contributed by atoms with Gasteiger partial charge in [0.15, 0.2) is 0 Å². The van der Waals surface area contributed by atoms with E-state index < -0.39 is 0 Å². The van der Waals surface area contributed by atoms with E-state index in [-0.39, 0.29) is 11.8 Å². The van der Waals surface area contributed by atoms with Gasteiger partial charge in [0.2, 0.25) is 5.91 Å². The molecule has 5 nitrogen and oxygen atoms in total. The molecule has 0 aromatic carbocycles. The van der Waals surface area contributed by atoms with Crippen molar-refractivity contribution in [1.29, 1.82) is 0 Å². The van der Waals surface area contributed by atoms with Crippen molar-refractivity contribution in [3.05, 3.63) is 18.2 Å². The number of nitrogens with zero attached hydrogens (tertiary/aromatic N) is 2. The summed E-state index contributed by atoms with van der Waals surface area (Å²) in [6.45, 7) is 3.03. The highest BCUT2D eigenvalue weighted by Gasteiger charge is 2.13. The van der Waals surface area contributed by atoms with E-state index in [1.165, 1.54) is 0 Å². The Morgan fingerprint density at radius 2 is 2.47 bits per heavy atom. The molecule has 0 bridgehead atoms. The molecule has 1 atom stereocenters. The Labute approximate surface area is 89.7 Å². The Kier molecular flexibility index (Phi) is 4.30. The summed E-state index contributed by atoms with van der Waals surface area (Å²) in [5, 5.41) is 0. The topological polar surface area (TPSA) is 75.0 Å². The second-order valence-corrected chi connectivity index (χ2v) is 3.83. The Balaban J connectivity index is 2.40. The fourth-order valence-electron chi connectivity index (χ4n) is 1.23. The van der Waals surface area contributed by atoms with Gasteiger partial charge in [0.05, 0.1) is 6.54 Å². The number of H-pyrrole nitrogens is 1. The van der Waals surface area contributed by atoms with Gasteiger partial charge in [0.1, 0.15) is 5.82 Å². The number of amides is 1. The summed E-state index contributed by atoms with van der Waals surface area (Å²) >= 11 is 0. The Morgan fingerprint density at radius 3 is 3.00 bits per heavy atom. The monoisotopic (exact) mass is 210 g/mol. The Bertz CT molecular complexity index is 296. The van der Waals surface area contributed by atoms with Crippen molar-refractivity contribution < 1.29 is 4.79 Å². The van der Waals surface area contributed by atoms with E-state index >= 15 is 0 Å². The van der Waals surface area contributed by atoms with Crippen molar-refractivity contribution in [3.63, 3.8) is 0 Å². The number of carbonyl (C=O) groups is 1. The quantitative estimate of drug-likeness (QED) is 0.736. The van der Waals surface area contributed by atoms with Crippen LogP contribution in [-0.4, -0.2) is 34.4 Å². The SMILES string of the molecule is CC(CN)CC(=O)N(C)Cc1ncc[nH]1. The van der Waals surface area contributed by atoms with Crippen LogP contribution in [0.3, 0.4) is 0 Å². The first-order valence-electron chi connectivity index (χ1n) is 5.05. The molecule has 1 aromatic rings. The molecule has 5 heteroatoms. The number of nitrogens with two attached hydrogens (primary N) is 1. The van der Waals surface area contributed by atoms with Crippen molar-refractivity contribution in [2.75, 3.05) is 13.6 Å². The molecule has 0 spiro atoms. The highest BCUT2D eigenvalue weighted by Crippen LogP contribution is 2.04. The molecule has 3 N–H and O–H groups in total. The summed E-state index contributed by atoms with van der Waals surface area (Å²) in [5.41, 5.74) is 5.47. The molecule has 15 heavy (non-hydrogen) atoms. The number of carbonyl (C=O) groups excluding carboxylic acids is 1. The van der Waals surface area contributed by atoms with Crippen LogP contribution < -0.4 is 5.73 Å². The largest absolute Gasteiger partial charge is 0.347 e. The molecule has 1 aromatic heterocycles. The molecule has 1 rings (SSSR count). The van der Waals surface area contributed by atoms with Crippen molar-refractivity contribution in [1.82, 2.24) is 14.9 Å². The maximum absolute atomic E-state index is 11.7. The van der Waals surface area contributed by atoms with Crippen LogP contribution in [0.25, 0.3) is 0 Å². The second kappa shape index (κ2) is 5.50. The molecule has 1 heterocycles. The zero-order chi connectivity index (χ0) is 11.3. The van der Waals surface area contributed by atoms with Crippen molar-refractivity contribution >= 4 is 5.91 Å². The van der Waals surface area contributed by atoms with Crippen LogP contribution in [0.4, 0.5) is 0 Å². The van der Waals surface area contributed by atoms with E-state index in [4.69, 9.17) is 5.73 Å². The average Bonchev–Trinajstić information content (AvgIpc) is 2.70. The van der Waals surface area contributed by atoms with E-state index in [0.29, 0.717) is 19.5 Å². The van der Waals surface area contributed by atoms with Gasteiger partial charge in [0, 0.05) is 25.9 Å². The minimum atomic E-state index is 0.101. The lowest BCUT2D eigenvalue weighted by atomic mass is 10.1. The van der Waals surface area contributed by atoms with Crippen molar-refractivity contribution in [2.45, 2.75) is 19.9 Å². The van der Waals surface area contributed by atoms with Gasteiger partial charge in [-0.15, -0.1) is 0 Å².